The first-order valence-corrected chi connectivity index (χ1v) is 13.3. The standard InChI is InChI=1S/C25H26N2O5S2/c1-31-20-13-11-18(12-14-20)27-34(29,30)22-8-4-6-19(16-22)26-25(28)23-9-2-3-10-24(23)33-17-21-7-5-15-32-21/h2-4,6,8-14,16,21,27H,5,7,15,17H2,1H3,(H,26,28)/t21-/m1/s1. The minimum absolute atomic E-state index is 0.0437. The van der Waals surface area contributed by atoms with E-state index in [0.717, 1.165) is 30.1 Å². The summed E-state index contributed by atoms with van der Waals surface area (Å²) in [6.45, 7) is 0.792. The van der Waals surface area contributed by atoms with Crippen LogP contribution in [-0.4, -0.2) is 39.9 Å². The second-order valence-corrected chi connectivity index (χ2v) is 10.5. The van der Waals surface area contributed by atoms with Crippen molar-refractivity contribution in [3.05, 3.63) is 78.4 Å². The summed E-state index contributed by atoms with van der Waals surface area (Å²) in [5.41, 5.74) is 1.34. The lowest BCUT2D eigenvalue weighted by molar-refractivity contribution is 0.102. The molecule has 0 aliphatic carbocycles. The number of carbonyl (C=O) groups excluding carboxylic acids is 1. The van der Waals surface area contributed by atoms with E-state index < -0.39 is 10.0 Å². The Hall–Kier alpha value is -3.01. The molecule has 0 saturated carbocycles. The molecule has 0 aromatic heterocycles. The first-order chi connectivity index (χ1) is 16.4. The first kappa shape index (κ1) is 24.1. The third kappa shape index (κ3) is 6.11. The summed E-state index contributed by atoms with van der Waals surface area (Å²) in [7, 11) is -2.30. The zero-order chi connectivity index (χ0) is 24.0. The van der Waals surface area contributed by atoms with Crippen LogP contribution in [0.4, 0.5) is 11.4 Å². The Morgan fingerprint density at radius 3 is 2.59 bits per heavy atom. The van der Waals surface area contributed by atoms with Crippen molar-refractivity contribution in [2.75, 3.05) is 29.5 Å². The van der Waals surface area contributed by atoms with Gasteiger partial charge in [-0.2, -0.15) is 0 Å². The van der Waals surface area contributed by atoms with Crippen molar-refractivity contribution in [1.82, 2.24) is 0 Å². The molecule has 178 valence electrons. The van der Waals surface area contributed by atoms with Crippen LogP contribution in [0.5, 0.6) is 5.75 Å². The topological polar surface area (TPSA) is 93.7 Å². The van der Waals surface area contributed by atoms with Crippen LogP contribution < -0.4 is 14.8 Å². The highest BCUT2D eigenvalue weighted by atomic mass is 32.2. The number of hydrogen-bond donors (Lipinski definition) is 2. The number of benzene rings is 3. The van der Waals surface area contributed by atoms with Gasteiger partial charge in [-0.1, -0.05) is 18.2 Å². The maximum atomic E-state index is 13.0. The number of rotatable bonds is 9. The molecule has 1 amide bonds. The lowest BCUT2D eigenvalue weighted by atomic mass is 10.2. The molecule has 1 aliphatic heterocycles. The quantitative estimate of drug-likeness (QED) is 0.403. The zero-order valence-corrected chi connectivity index (χ0v) is 20.3. The molecular formula is C25H26N2O5S2. The summed E-state index contributed by atoms with van der Waals surface area (Å²) in [4.78, 5) is 13.9. The second kappa shape index (κ2) is 10.9. The van der Waals surface area contributed by atoms with Crippen LogP contribution in [0.1, 0.15) is 23.2 Å². The summed E-state index contributed by atoms with van der Waals surface area (Å²) in [5.74, 6) is 1.12. The molecule has 4 rings (SSSR count). The lowest BCUT2D eigenvalue weighted by Gasteiger charge is -2.13. The third-order valence-corrected chi connectivity index (χ3v) is 7.91. The zero-order valence-electron chi connectivity index (χ0n) is 18.7. The van der Waals surface area contributed by atoms with Gasteiger partial charge >= 0.3 is 0 Å². The molecule has 9 heteroatoms. The summed E-state index contributed by atoms with van der Waals surface area (Å²) in [5, 5.41) is 2.83. The van der Waals surface area contributed by atoms with Gasteiger partial charge in [-0.15, -0.1) is 11.8 Å². The van der Waals surface area contributed by atoms with E-state index >= 15 is 0 Å². The van der Waals surface area contributed by atoms with Gasteiger partial charge < -0.3 is 14.8 Å². The monoisotopic (exact) mass is 498 g/mol. The van der Waals surface area contributed by atoms with Gasteiger partial charge in [0.15, 0.2) is 0 Å². The highest BCUT2D eigenvalue weighted by molar-refractivity contribution is 7.99. The van der Waals surface area contributed by atoms with Gasteiger partial charge in [0.1, 0.15) is 5.75 Å². The van der Waals surface area contributed by atoms with Crippen LogP contribution >= 0.6 is 11.8 Å². The summed E-state index contributed by atoms with van der Waals surface area (Å²) in [6, 6.07) is 20.1. The van der Waals surface area contributed by atoms with E-state index in [0.29, 0.717) is 22.7 Å². The molecule has 0 bridgehead atoms. The number of methoxy groups -OCH3 is 1. The number of carbonyl (C=O) groups is 1. The van der Waals surface area contributed by atoms with Gasteiger partial charge in [-0.25, -0.2) is 8.42 Å². The van der Waals surface area contributed by atoms with Crippen molar-refractivity contribution < 1.29 is 22.7 Å². The summed E-state index contributed by atoms with van der Waals surface area (Å²) in [6.07, 6.45) is 2.31. The van der Waals surface area contributed by atoms with E-state index in [1.165, 1.54) is 12.1 Å². The van der Waals surface area contributed by atoms with Crippen LogP contribution in [0, 0.1) is 0 Å². The predicted octanol–water partition coefficient (Wildman–Crippen LogP) is 5.02. The van der Waals surface area contributed by atoms with Gasteiger partial charge in [0.25, 0.3) is 15.9 Å². The summed E-state index contributed by atoms with van der Waals surface area (Å²) >= 11 is 1.59. The van der Waals surface area contributed by atoms with E-state index in [4.69, 9.17) is 9.47 Å². The van der Waals surface area contributed by atoms with E-state index in [-0.39, 0.29) is 16.9 Å². The van der Waals surface area contributed by atoms with Crippen molar-refractivity contribution in [2.45, 2.75) is 28.7 Å². The maximum absolute atomic E-state index is 13.0. The Labute approximate surface area is 203 Å². The van der Waals surface area contributed by atoms with Gasteiger partial charge in [-0.05, 0) is 67.4 Å². The van der Waals surface area contributed by atoms with Crippen LogP contribution in [-0.2, 0) is 14.8 Å². The lowest BCUT2D eigenvalue weighted by Crippen LogP contribution is -2.16. The molecule has 2 N–H and O–H groups in total. The molecule has 3 aromatic carbocycles. The number of anilines is 2. The fraction of sp³-hybridized carbons (Fsp3) is 0.240. The van der Waals surface area contributed by atoms with E-state index in [1.807, 2.05) is 18.2 Å². The minimum atomic E-state index is -3.84. The van der Waals surface area contributed by atoms with Gasteiger partial charge in [0.2, 0.25) is 0 Å². The van der Waals surface area contributed by atoms with Gasteiger partial charge in [-0.3, -0.25) is 9.52 Å². The van der Waals surface area contributed by atoms with Crippen LogP contribution in [0.3, 0.4) is 0 Å². The van der Waals surface area contributed by atoms with Crippen molar-refractivity contribution in [3.8, 4) is 5.75 Å². The highest BCUT2D eigenvalue weighted by Crippen LogP contribution is 2.28. The molecule has 7 nitrogen and oxygen atoms in total. The number of ether oxygens (including phenoxy) is 2. The van der Waals surface area contributed by atoms with Crippen molar-refractivity contribution in [3.63, 3.8) is 0 Å². The highest BCUT2D eigenvalue weighted by Gasteiger charge is 2.19. The SMILES string of the molecule is COc1ccc(NS(=O)(=O)c2cccc(NC(=O)c3ccccc3SC[C@H]3CCCO3)c2)cc1. The number of hydrogen-bond acceptors (Lipinski definition) is 6. The van der Waals surface area contributed by atoms with E-state index in [9.17, 15) is 13.2 Å². The predicted molar refractivity (Wildman–Crippen MR) is 134 cm³/mol. The van der Waals surface area contributed by atoms with Gasteiger partial charge in [0, 0.05) is 28.6 Å². The molecule has 1 aliphatic rings. The Kier molecular flexibility index (Phi) is 7.77. The van der Waals surface area contributed by atoms with Crippen LogP contribution in [0.25, 0.3) is 0 Å². The minimum Gasteiger partial charge on any atom is -0.497 e. The second-order valence-electron chi connectivity index (χ2n) is 7.76. The molecule has 0 spiro atoms. The van der Waals surface area contributed by atoms with Crippen molar-refractivity contribution in [2.24, 2.45) is 0 Å². The largest absolute Gasteiger partial charge is 0.497 e. The third-order valence-electron chi connectivity index (χ3n) is 5.32. The van der Waals surface area contributed by atoms with Gasteiger partial charge in [0.05, 0.1) is 23.7 Å². The number of nitrogens with one attached hydrogen (secondary N) is 2. The molecule has 0 unspecified atom stereocenters. The number of thioether (sulfide) groups is 1. The van der Waals surface area contributed by atoms with E-state index in [1.54, 1.807) is 61.3 Å². The molecule has 1 fully saturated rings. The fourth-order valence-electron chi connectivity index (χ4n) is 3.55. The summed E-state index contributed by atoms with van der Waals surface area (Å²) < 4.78 is 39.0. The molecule has 1 saturated heterocycles. The molecular weight excluding hydrogens is 472 g/mol. The average molecular weight is 499 g/mol. The molecule has 3 aromatic rings. The number of sulfonamides is 1. The maximum Gasteiger partial charge on any atom is 0.261 e. The van der Waals surface area contributed by atoms with Crippen molar-refractivity contribution in [1.29, 1.82) is 0 Å². The van der Waals surface area contributed by atoms with Crippen LogP contribution in [0.2, 0.25) is 0 Å². The van der Waals surface area contributed by atoms with Crippen molar-refractivity contribution >= 4 is 39.1 Å². The normalized spacial score (nSPS) is 15.6. The smallest absolute Gasteiger partial charge is 0.261 e. The fourth-order valence-corrected chi connectivity index (χ4v) is 5.77. The molecule has 0 radical (unpaired) electrons. The molecule has 1 heterocycles. The Morgan fingerprint density at radius 2 is 1.85 bits per heavy atom. The Morgan fingerprint density at radius 1 is 1.06 bits per heavy atom. The van der Waals surface area contributed by atoms with Crippen LogP contribution in [0.15, 0.2) is 82.6 Å². The molecule has 34 heavy (non-hydrogen) atoms. The Balaban J connectivity index is 1.46. The number of amides is 1. The molecule has 1 atom stereocenters. The first-order valence-electron chi connectivity index (χ1n) is 10.9. The average Bonchev–Trinajstić information content (AvgIpc) is 3.37. The van der Waals surface area contributed by atoms with E-state index in [2.05, 4.69) is 10.0 Å². The Bertz CT molecular complexity index is 1240.